The van der Waals surface area contributed by atoms with E-state index in [-0.39, 0.29) is 82.3 Å². The quantitative estimate of drug-likeness (QED) is 0.172. The van der Waals surface area contributed by atoms with Crippen LogP contribution in [-0.2, 0) is 0 Å². The van der Waals surface area contributed by atoms with Crippen molar-refractivity contribution in [3.8, 4) is 44.8 Å². The molecule has 3 heterocycles. The fourth-order valence-corrected chi connectivity index (χ4v) is 7.66. The first-order valence-electron chi connectivity index (χ1n) is 28.7. The molecule has 57 heavy (non-hydrogen) atoms. The summed E-state index contributed by atoms with van der Waals surface area (Å²) in [6.07, 6.45) is 0. The van der Waals surface area contributed by atoms with Crippen LogP contribution >= 0.6 is 0 Å². The second kappa shape index (κ2) is 12.5. The zero-order valence-corrected chi connectivity index (χ0v) is 29.2. The van der Waals surface area contributed by atoms with E-state index in [1.54, 1.807) is 24.3 Å². The van der Waals surface area contributed by atoms with Gasteiger partial charge in [0.1, 0.15) is 11.2 Å². The zero-order valence-electron chi connectivity index (χ0n) is 51.2. The number of nitrogens with zero attached hydrogens (tertiary/aromatic N) is 2. The molecule has 0 aliphatic heterocycles. The van der Waals surface area contributed by atoms with Gasteiger partial charge in [-0.15, -0.1) is 0 Å². The van der Waals surface area contributed by atoms with Gasteiger partial charge in [0.2, 0.25) is 0 Å². The van der Waals surface area contributed by atoms with Crippen molar-refractivity contribution in [2.75, 3.05) is 0 Å². The van der Waals surface area contributed by atoms with Crippen molar-refractivity contribution in [2.45, 2.75) is 0 Å². The molecule has 0 N–H and O–H groups in total. The van der Waals surface area contributed by atoms with Gasteiger partial charge in [0, 0.05) is 49.7 Å². The lowest BCUT2D eigenvalue weighted by molar-refractivity contribution is 0.668. The summed E-state index contributed by atoms with van der Waals surface area (Å²) in [5, 5.41) is -1.15. The van der Waals surface area contributed by atoms with Crippen LogP contribution in [-0.4, -0.2) is 9.13 Å². The monoisotopic (exact) mass is 748 g/mol. The molecule has 3 aromatic heterocycles. The van der Waals surface area contributed by atoms with Gasteiger partial charge in [-0.3, -0.25) is 0 Å². The summed E-state index contributed by atoms with van der Waals surface area (Å²) in [6, 6.07) is 5.80. The summed E-state index contributed by atoms with van der Waals surface area (Å²) in [4.78, 5) is 0. The molecular formula is C54H34N2O. The van der Waals surface area contributed by atoms with Gasteiger partial charge in [-0.25, -0.2) is 0 Å². The summed E-state index contributed by atoms with van der Waals surface area (Å²) >= 11 is 0. The molecule has 12 aromatic rings. The fraction of sp³-hybridized carbons (Fsp3) is 0. The lowest BCUT2D eigenvalue weighted by Crippen LogP contribution is -1.94. The molecule has 0 bridgehead atoms. The van der Waals surface area contributed by atoms with Crippen LogP contribution in [0.5, 0.6) is 0 Å². The standard InChI is InChI=1S/C54H34N2O/c1-3-13-35(14-4-1)36-25-28-39(29-26-36)55-48-22-10-8-18-44(48)53-42(19-11-23-50(53)55)38-27-32-49-46(33-38)43-17-7-9-21-47(43)56(49)40-30-31-45-52(34-40)57-51-24-12-20-41(54(45)51)37-15-5-2-6-16-37/h1-34H/i2D,5D,6D,7D,8D,9D,10D,11D,12D,15D,17D,18D,19D,20D,21D,22D,23D,24D,27D,31D,32D,34D. The summed E-state index contributed by atoms with van der Waals surface area (Å²) in [7, 11) is 0. The van der Waals surface area contributed by atoms with Crippen molar-refractivity contribution in [1.29, 1.82) is 0 Å². The molecule has 0 aliphatic rings. The average Bonchev–Trinajstić information content (AvgIpc) is 3.79. The zero-order chi connectivity index (χ0) is 56.6. The van der Waals surface area contributed by atoms with Gasteiger partial charge < -0.3 is 13.6 Å². The number of benzene rings is 9. The molecule has 3 heteroatoms. The highest BCUT2D eigenvalue weighted by atomic mass is 16.3. The molecule has 3 nitrogen and oxygen atoms in total. The van der Waals surface area contributed by atoms with Crippen LogP contribution in [0.25, 0.3) is 110 Å². The Balaban J connectivity index is 1.20. The molecular weight excluding hydrogens is 693 g/mol. The van der Waals surface area contributed by atoms with E-state index < -0.39 is 144 Å². The highest BCUT2D eigenvalue weighted by Gasteiger charge is 2.20. The summed E-state index contributed by atoms with van der Waals surface area (Å²) in [6.45, 7) is 0. The smallest absolute Gasteiger partial charge is 0.137 e. The van der Waals surface area contributed by atoms with Crippen molar-refractivity contribution >= 4 is 65.6 Å². The van der Waals surface area contributed by atoms with E-state index in [1.807, 2.05) is 30.3 Å². The first kappa shape index (κ1) is 17.0. The number of aromatic nitrogens is 2. The molecule has 0 spiro atoms. The predicted molar refractivity (Wildman–Crippen MR) is 239 cm³/mol. The average molecular weight is 749 g/mol. The molecule has 12 rings (SSSR count). The van der Waals surface area contributed by atoms with Gasteiger partial charge in [-0.05, 0) is 93.9 Å². The number of para-hydroxylation sites is 2. The Morgan fingerprint density at radius 3 is 1.91 bits per heavy atom. The second-order valence-electron chi connectivity index (χ2n) is 13.2. The number of furan rings is 1. The highest BCUT2D eigenvalue weighted by Crippen LogP contribution is 2.42. The van der Waals surface area contributed by atoms with Crippen LogP contribution in [0.3, 0.4) is 0 Å². The maximum atomic E-state index is 9.84. The predicted octanol–water partition coefficient (Wildman–Crippen LogP) is 14.8. The minimum Gasteiger partial charge on any atom is -0.456 e. The van der Waals surface area contributed by atoms with E-state index in [1.165, 1.54) is 10.6 Å². The molecule has 0 radical (unpaired) electrons. The van der Waals surface area contributed by atoms with Gasteiger partial charge in [0.15, 0.2) is 0 Å². The van der Waals surface area contributed by atoms with Gasteiger partial charge in [-0.2, -0.15) is 0 Å². The van der Waals surface area contributed by atoms with Crippen molar-refractivity contribution < 1.29 is 34.6 Å². The topological polar surface area (TPSA) is 23.0 Å². The van der Waals surface area contributed by atoms with Crippen molar-refractivity contribution in [1.82, 2.24) is 9.13 Å². The lowest BCUT2D eigenvalue weighted by atomic mass is 9.98. The molecule has 0 atom stereocenters. The Hall–Kier alpha value is -7.62. The molecule has 9 aromatic carbocycles. The Kier molecular flexibility index (Phi) is 3.72. The highest BCUT2D eigenvalue weighted by molar-refractivity contribution is 6.18. The van der Waals surface area contributed by atoms with Gasteiger partial charge in [0.25, 0.3) is 0 Å². The van der Waals surface area contributed by atoms with Crippen LogP contribution in [0.15, 0.2) is 210 Å². The van der Waals surface area contributed by atoms with E-state index in [2.05, 4.69) is 0 Å². The maximum Gasteiger partial charge on any atom is 0.137 e. The Labute approximate surface area is 359 Å². The fourth-order valence-electron chi connectivity index (χ4n) is 7.66. The first-order chi connectivity index (χ1) is 37.4. The summed E-state index contributed by atoms with van der Waals surface area (Å²) in [5.74, 6) is 0. The molecule has 0 saturated carbocycles. The number of rotatable bonds is 5. The minimum atomic E-state index is -0.748. The van der Waals surface area contributed by atoms with E-state index in [4.69, 9.17) is 19.5 Å². The first-order valence-corrected chi connectivity index (χ1v) is 17.7. The Bertz CT molecular complexity index is 4790. The Morgan fingerprint density at radius 1 is 0.368 bits per heavy atom. The number of hydrogen-bond donors (Lipinski definition) is 0. The SMILES string of the molecule is [2H]c1cc(-c2c([2H])c([2H])c([2H])c3oc4c([2H])c(-n5c6c([2H])c([2H])c(-c7c([2H])c([2H])c([2H])c8c7c7c([2H])c([2H])c([2H])c([2H])c7n8-c7ccc(-c8ccccc8)cc7)cc6c6c([2H])c([2H])c([2H])c([2H])c65)cc([2H])c4c23)c([2H])c([2H])c1[2H]. The second-order valence-corrected chi connectivity index (χ2v) is 13.2. The summed E-state index contributed by atoms with van der Waals surface area (Å²) in [5.41, 5.74) is -1.29. The van der Waals surface area contributed by atoms with E-state index >= 15 is 0 Å². The lowest BCUT2D eigenvalue weighted by Gasteiger charge is -2.11. The van der Waals surface area contributed by atoms with E-state index in [9.17, 15) is 15.1 Å². The molecule has 0 aliphatic carbocycles. The molecule has 0 fully saturated rings. The maximum absolute atomic E-state index is 9.84. The largest absolute Gasteiger partial charge is 0.456 e. The summed E-state index contributed by atoms with van der Waals surface area (Å²) < 4.78 is 208. The van der Waals surface area contributed by atoms with Crippen LogP contribution in [0.4, 0.5) is 0 Å². The van der Waals surface area contributed by atoms with Crippen LogP contribution in [0.2, 0.25) is 0 Å². The van der Waals surface area contributed by atoms with Gasteiger partial charge in [-0.1, -0.05) is 139 Å². The minimum absolute atomic E-state index is 0.122. The Morgan fingerprint density at radius 2 is 1.05 bits per heavy atom. The molecule has 0 saturated heterocycles. The van der Waals surface area contributed by atoms with E-state index in [0.717, 1.165) is 27.8 Å². The number of hydrogen-bond acceptors (Lipinski definition) is 1. The number of fused-ring (bicyclic) bond motifs is 9. The van der Waals surface area contributed by atoms with Crippen LogP contribution in [0, 0.1) is 0 Å². The molecule has 0 unspecified atom stereocenters. The van der Waals surface area contributed by atoms with Crippen molar-refractivity contribution in [3.05, 3.63) is 206 Å². The van der Waals surface area contributed by atoms with Crippen molar-refractivity contribution in [2.24, 2.45) is 0 Å². The third-order valence-electron chi connectivity index (χ3n) is 10.1. The van der Waals surface area contributed by atoms with Crippen LogP contribution < -0.4 is 0 Å². The van der Waals surface area contributed by atoms with Gasteiger partial charge >= 0.3 is 0 Å². The van der Waals surface area contributed by atoms with E-state index in [0.29, 0.717) is 5.69 Å². The molecule has 266 valence electrons. The third-order valence-corrected chi connectivity index (χ3v) is 10.1. The normalized spacial score (nSPS) is 17.3. The van der Waals surface area contributed by atoms with Crippen molar-refractivity contribution in [3.63, 3.8) is 0 Å². The van der Waals surface area contributed by atoms with Gasteiger partial charge in [0.05, 0.1) is 52.2 Å². The molecule has 0 amide bonds. The van der Waals surface area contributed by atoms with Crippen LogP contribution in [0.1, 0.15) is 30.2 Å². The third kappa shape index (κ3) is 4.86.